The number of hydrogen-bond acceptors (Lipinski definition) is 0. The molecule has 1 atom stereocenters. The molecule has 0 aromatic heterocycles. The van der Waals surface area contributed by atoms with Crippen LogP contribution in [-0.2, 0) is 6.42 Å². The largest absolute Gasteiger partial charge is 0.0841 e. The Bertz CT molecular complexity index is 653. The molecule has 0 aliphatic rings. The highest BCUT2D eigenvalue weighted by Crippen LogP contribution is 2.23. The predicted molar refractivity (Wildman–Crippen MR) is 93.9 cm³/mol. The van der Waals surface area contributed by atoms with Crippen LogP contribution in [0.5, 0.6) is 0 Å². The van der Waals surface area contributed by atoms with Gasteiger partial charge in [-0.3, -0.25) is 0 Å². The minimum atomic E-state index is 0.519. The lowest BCUT2D eigenvalue weighted by Gasteiger charge is -2.14. The first-order chi connectivity index (χ1) is 9.97. The first kappa shape index (κ1) is 15.9. The van der Waals surface area contributed by atoms with E-state index >= 15 is 0 Å². The summed E-state index contributed by atoms with van der Waals surface area (Å²) in [5.41, 5.74) is 6.56. The molecule has 1 unspecified atom stereocenters. The minimum absolute atomic E-state index is 0.519. The van der Waals surface area contributed by atoms with E-state index in [4.69, 9.17) is 11.6 Å². The van der Waals surface area contributed by atoms with Crippen molar-refractivity contribution < 1.29 is 0 Å². The maximum Gasteiger partial charge on any atom is 0.0435 e. The highest BCUT2D eigenvalue weighted by atomic mass is 35.5. The van der Waals surface area contributed by atoms with Crippen molar-refractivity contribution in [2.45, 2.75) is 34.1 Å². The Balaban J connectivity index is 2.14. The van der Waals surface area contributed by atoms with Crippen LogP contribution in [0.15, 0.2) is 48.0 Å². The molecule has 110 valence electrons. The lowest BCUT2D eigenvalue weighted by molar-refractivity contribution is 0.682. The molecule has 2 aromatic carbocycles. The zero-order valence-electron chi connectivity index (χ0n) is 13.3. The van der Waals surface area contributed by atoms with Crippen LogP contribution in [0, 0.1) is 19.8 Å². The Morgan fingerprint density at radius 2 is 1.81 bits per heavy atom. The maximum atomic E-state index is 6.09. The number of hydrogen-bond donors (Lipinski definition) is 0. The molecule has 0 N–H and O–H groups in total. The standard InChI is InChI=1S/C20H23Cl/c1-14-7-5-6-8-19(14)13-16(3)15(2)11-18-9-10-20(21)17(4)12-18/h5-10,12-13,15H,11H2,1-4H3/b16-13+. The molecule has 2 rings (SSSR count). The molecule has 0 heterocycles. The first-order valence-corrected chi connectivity index (χ1v) is 7.84. The van der Waals surface area contributed by atoms with Crippen molar-refractivity contribution in [3.63, 3.8) is 0 Å². The monoisotopic (exact) mass is 298 g/mol. The minimum Gasteiger partial charge on any atom is -0.0841 e. The van der Waals surface area contributed by atoms with Crippen molar-refractivity contribution in [2.75, 3.05) is 0 Å². The molecular weight excluding hydrogens is 276 g/mol. The molecule has 0 saturated heterocycles. The van der Waals surface area contributed by atoms with Gasteiger partial charge in [-0.15, -0.1) is 0 Å². The molecule has 1 heteroatoms. The fourth-order valence-corrected chi connectivity index (χ4v) is 2.60. The highest BCUT2D eigenvalue weighted by Gasteiger charge is 2.07. The quantitative estimate of drug-likeness (QED) is 0.627. The van der Waals surface area contributed by atoms with E-state index in [0.29, 0.717) is 5.92 Å². The zero-order chi connectivity index (χ0) is 15.4. The predicted octanol–water partition coefficient (Wildman–Crippen LogP) is 6.24. The molecule has 0 fully saturated rings. The summed E-state index contributed by atoms with van der Waals surface area (Å²) >= 11 is 6.09. The van der Waals surface area contributed by atoms with E-state index in [1.807, 2.05) is 6.07 Å². The average Bonchev–Trinajstić information content (AvgIpc) is 2.45. The van der Waals surface area contributed by atoms with Gasteiger partial charge in [-0.25, -0.2) is 0 Å². The van der Waals surface area contributed by atoms with Gasteiger partial charge in [0.15, 0.2) is 0 Å². The van der Waals surface area contributed by atoms with Gasteiger partial charge in [0, 0.05) is 5.02 Å². The van der Waals surface area contributed by atoms with Crippen LogP contribution in [0.25, 0.3) is 6.08 Å². The summed E-state index contributed by atoms with van der Waals surface area (Å²) in [5.74, 6) is 0.519. The van der Waals surface area contributed by atoms with Crippen molar-refractivity contribution in [2.24, 2.45) is 5.92 Å². The fraction of sp³-hybridized carbons (Fsp3) is 0.300. The van der Waals surface area contributed by atoms with Crippen molar-refractivity contribution in [1.29, 1.82) is 0 Å². The van der Waals surface area contributed by atoms with Crippen molar-refractivity contribution >= 4 is 17.7 Å². The molecule has 0 aliphatic carbocycles. The summed E-state index contributed by atoms with van der Waals surface area (Å²) in [5, 5.41) is 0.846. The summed E-state index contributed by atoms with van der Waals surface area (Å²) in [6, 6.07) is 14.8. The lowest BCUT2D eigenvalue weighted by Crippen LogP contribution is -2.02. The first-order valence-electron chi connectivity index (χ1n) is 7.46. The van der Waals surface area contributed by atoms with Gasteiger partial charge in [0.25, 0.3) is 0 Å². The van der Waals surface area contributed by atoms with Gasteiger partial charge >= 0.3 is 0 Å². The summed E-state index contributed by atoms with van der Waals surface area (Å²) in [6.45, 7) is 8.73. The van der Waals surface area contributed by atoms with Gasteiger partial charge in [0.05, 0.1) is 0 Å². The van der Waals surface area contributed by atoms with Crippen molar-refractivity contribution in [3.05, 3.63) is 75.3 Å². The third-order valence-corrected chi connectivity index (χ3v) is 4.54. The summed E-state index contributed by atoms with van der Waals surface area (Å²) < 4.78 is 0. The number of halogens is 1. The fourth-order valence-electron chi connectivity index (χ4n) is 2.48. The maximum absolute atomic E-state index is 6.09. The van der Waals surface area contributed by atoms with Crippen LogP contribution in [0.4, 0.5) is 0 Å². The lowest BCUT2D eigenvalue weighted by atomic mass is 9.92. The SMILES string of the molecule is C/C(=C\c1ccccc1C)C(C)Cc1ccc(Cl)c(C)c1. The summed E-state index contributed by atoms with van der Waals surface area (Å²) in [4.78, 5) is 0. The van der Waals surface area contributed by atoms with Crippen LogP contribution in [-0.4, -0.2) is 0 Å². The highest BCUT2D eigenvalue weighted by molar-refractivity contribution is 6.31. The zero-order valence-corrected chi connectivity index (χ0v) is 14.0. The van der Waals surface area contributed by atoms with Crippen LogP contribution in [0.3, 0.4) is 0 Å². The average molecular weight is 299 g/mol. The van der Waals surface area contributed by atoms with Gasteiger partial charge in [0.2, 0.25) is 0 Å². The topological polar surface area (TPSA) is 0 Å². The van der Waals surface area contributed by atoms with Crippen LogP contribution < -0.4 is 0 Å². The van der Waals surface area contributed by atoms with Crippen LogP contribution >= 0.6 is 11.6 Å². The molecule has 0 spiro atoms. The van der Waals surface area contributed by atoms with E-state index in [2.05, 4.69) is 70.2 Å². The third kappa shape index (κ3) is 4.22. The number of rotatable bonds is 4. The van der Waals surface area contributed by atoms with E-state index in [0.717, 1.165) is 17.0 Å². The van der Waals surface area contributed by atoms with Gasteiger partial charge in [-0.05, 0) is 61.4 Å². The van der Waals surface area contributed by atoms with Gasteiger partial charge < -0.3 is 0 Å². The Hall–Kier alpha value is -1.53. The smallest absolute Gasteiger partial charge is 0.0435 e. The molecule has 0 amide bonds. The second-order valence-corrected chi connectivity index (χ2v) is 6.34. The Labute approximate surface area is 133 Å². The molecule has 0 nitrogen and oxygen atoms in total. The van der Waals surface area contributed by atoms with Gasteiger partial charge in [-0.1, -0.05) is 66.6 Å². The van der Waals surface area contributed by atoms with Crippen LogP contribution in [0.2, 0.25) is 5.02 Å². The van der Waals surface area contributed by atoms with E-state index < -0.39 is 0 Å². The second-order valence-electron chi connectivity index (χ2n) is 5.93. The van der Waals surface area contributed by atoms with Gasteiger partial charge in [0.1, 0.15) is 0 Å². The molecule has 21 heavy (non-hydrogen) atoms. The van der Waals surface area contributed by atoms with E-state index in [1.54, 1.807) is 0 Å². The van der Waals surface area contributed by atoms with Crippen LogP contribution in [0.1, 0.15) is 36.1 Å². The molecule has 2 aromatic rings. The Morgan fingerprint density at radius 3 is 2.48 bits per heavy atom. The Morgan fingerprint density at radius 1 is 1.10 bits per heavy atom. The third-order valence-electron chi connectivity index (χ3n) is 4.11. The molecular formula is C20H23Cl. The van der Waals surface area contributed by atoms with E-state index in [-0.39, 0.29) is 0 Å². The summed E-state index contributed by atoms with van der Waals surface area (Å²) in [7, 11) is 0. The molecule has 0 saturated carbocycles. The molecule has 0 bridgehead atoms. The second kappa shape index (κ2) is 6.95. The number of benzene rings is 2. The summed E-state index contributed by atoms with van der Waals surface area (Å²) in [6.07, 6.45) is 3.36. The number of allylic oxidation sites excluding steroid dienone is 1. The molecule has 0 radical (unpaired) electrons. The normalized spacial score (nSPS) is 13.3. The number of aryl methyl sites for hydroxylation is 2. The molecule has 0 aliphatic heterocycles. The Kier molecular flexibility index (Phi) is 5.25. The van der Waals surface area contributed by atoms with E-state index in [9.17, 15) is 0 Å². The van der Waals surface area contributed by atoms with Gasteiger partial charge in [-0.2, -0.15) is 0 Å². The van der Waals surface area contributed by atoms with Crippen molar-refractivity contribution in [3.8, 4) is 0 Å². The van der Waals surface area contributed by atoms with E-state index in [1.165, 1.54) is 22.3 Å². The van der Waals surface area contributed by atoms with Crippen molar-refractivity contribution in [1.82, 2.24) is 0 Å².